The first-order valence-electron chi connectivity index (χ1n) is 32.4. The lowest BCUT2D eigenvalue weighted by atomic mass is 10.0. The minimum atomic E-state index is -0.800. The molecule has 0 saturated carbocycles. The van der Waals surface area contributed by atoms with Crippen LogP contribution in [0.4, 0.5) is 0 Å². The van der Waals surface area contributed by atoms with Crippen molar-refractivity contribution in [3.05, 3.63) is 72.9 Å². The third-order valence-electron chi connectivity index (χ3n) is 14.2. The van der Waals surface area contributed by atoms with E-state index in [2.05, 4.69) is 93.7 Å². The van der Waals surface area contributed by atoms with Crippen molar-refractivity contribution in [3.63, 3.8) is 0 Å². The van der Waals surface area contributed by atoms with Crippen molar-refractivity contribution in [1.29, 1.82) is 0 Å². The van der Waals surface area contributed by atoms with Gasteiger partial charge in [0.25, 0.3) is 0 Å². The maximum absolute atomic E-state index is 12.8. The van der Waals surface area contributed by atoms with E-state index in [1.165, 1.54) is 199 Å². The van der Waals surface area contributed by atoms with E-state index in [1.807, 2.05) is 0 Å². The Morgan fingerprint density at radius 2 is 0.533 bits per heavy atom. The first kappa shape index (κ1) is 71.8. The molecule has 0 N–H and O–H groups in total. The monoisotopic (exact) mass is 1050 g/mol. The van der Waals surface area contributed by atoms with Gasteiger partial charge in [-0.05, 0) is 83.5 Å². The molecule has 1 atom stereocenters. The van der Waals surface area contributed by atoms with Gasteiger partial charge in [0.1, 0.15) is 13.2 Å². The van der Waals surface area contributed by atoms with Gasteiger partial charge < -0.3 is 14.2 Å². The molecule has 1 unspecified atom stereocenters. The average Bonchev–Trinajstić information content (AvgIpc) is 3.41. The Kier molecular flexibility index (Phi) is 60.7. The Morgan fingerprint density at radius 1 is 0.280 bits per heavy atom. The van der Waals surface area contributed by atoms with Gasteiger partial charge in [-0.2, -0.15) is 0 Å². The molecule has 6 heteroatoms. The molecule has 0 spiro atoms. The van der Waals surface area contributed by atoms with Crippen LogP contribution in [0.1, 0.15) is 329 Å². The van der Waals surface area contributed by atoms with Crippen molar-refractivity contribution in [2.75, 3.05) is 13.2 Å². The van der Waals surface area contributed by atoms with Crippen molar-refractivity contribution in [2.24, 2.45) is 0 Å². The summed E-state index contributed by atoms with van der Waals surface area (Å²) in [7, 11) is 0. The highest BCUT2D eigenvalue weighted by Crippen LogP contribution is 2.17. The Bertz CT molecular complexity index is 1390. The SMILES string of the molecule is CC/C=C\C/C=C\C/C=C\C/C=C\C/C=C\CCCC(=O)OC(COC(=O)CCCCCCC)COC(=O)CCCCCCCCCCCCCCCCCCCCCCCCC/C=C\CCCCCCCCCC. The highest BCUT2D eigenvalue weighted by molar-refractivity contribution is 5.71. The summed E-state index contributed by atoms with van der Waals surface area (Å²) in [6, 6.07) is 0. The number of esters is 3. The van der Waals surface area contributed by atoms with E-state index in [9.17, 15) is 14.4 Å². The lowest BCUT2D eigenvalue weighted by molar-refractivity contribution is -0.167. The van der Waals surface area contributed by atoms with Crippen LogP contribution in [0, 0.1) is 0 Å². The minimum Gasteiger partial charge on any atom is -0.462 e. The normalized spacial score (nSPS) is 12.5. The largest absolute Gasteiger partial charge is 0.462 e. The van der Waals surface area contributed by atoms with E-state index < -0.39 is 6.10 Å². The summed E-state index contributed by atoms with van der Waals surface area (Å²) in [5.74, 6) is -0.959. The maximum Gasteiger partial charge on any atom is 0.306 e. The van der Waals surface area contributed by atoms with Crippen molar-refractivity contribution in [1.82, 2.24) is 0 Å². The maximum atomic E-state index is 12.8. The summed E-state index contributed by atoms with van der Waals surface area (Å²) in [5, 5.41) is 0. The van der Waals surface area contributed by atoms with Crippen LogP contribution in [-0.2, 0) is 28.6 Å². The molecule has 0 bridgehead atoms. The zero-order chi connectivity index (χ0) is 54.3. The summed E-state index contributed by atoms with van der Waals surface area (Å²) in [4.78, 5) is 37.8. The smallest absolute Gasteiger partial charge is 0.306 e. The summed E-state index contributed by atoms with van der Waals surface area (Å²) < 4.78 is 16.7. The summed E-state index contributed by atoms with van der Waals surface area (Å²) in [5.41, 5.74) is 0. The second kappa shape index (κ2) is 63.4. The third-order valence-corrected chi connectivity index (χ3v) is 14.2. The van der Waals surface area contributed by atoms with Crippen LogP contribution in [0.15, 0.2) is 72.9 Å². The second-order valence-electron chi connectivity index (χ2n) is 21.6. The number of unbranched alkanes of at least 4 members (excludes halogenated alkanes) is 36. The third kappa shape index (κ3) is 61.6. The number of hydrogen-bond donors (Lipinski definition) is 0. The standard InChI is InChI=1S/C69H122O6/c1-4-7-10-13-15-17-19-21-23-25-26-27-28-29-30-31-32-33-34-35-36-37-38-39-40-41-42-44-45-47-49-51-53-56-59-62-68(71)74-65-66(64-73-67(70)61-58-55-12-9-6-3)75-69(72)63-60-57-54-52-50-48-46-43-24-22-20-18-16-14-11-8-5-2/h8,11,16,18,22,24-26,46,48,52,54,66H,4-7,9-10,12-15,17,19-21,23,27-45,47,49-51,53,55-65H2,1-3H3/b11-8-,18-16-,24-22-,26-25-,48-46-,54-52-. The predicted octanol–water partition coefficient (Wildman–Crippen LogP) is 22.1. The number of hydrogen-bond acceptors (Lipinski definition) is 6. The number of carbonyl (C=O) groups is 3. The number of carbonyl (C=O) groups excluding carboxylic acids is 3. The topological polar surface area (TPSA) is 78.9 Å². The van der Waals surface area contributed by atoms with Crippen molar-refractivity contribution >= 4 is 17.9 Å². The fourth-order valence-electron chi connectivity index (χ4n) is 9.36. The van der Waals surface area contributed by atoms with Crippen molar-refractivity contribution in [3.8, 4) is 0 Å². The first-order valence-corrected chi connectivity index (χ1v) is 32.4. The Morgan fingerprint density at radius 3 is 0.867 bits per heavy atom. The number of allylic oxidation sites excluding steroid dienone is 12. The molecular formula is C69H122O6. The van der Waals surface area contributed by atoms with Crippen LogP contribution < -0.4 is 0 Å². The summed E-state index contributed by atoms with van der Waals surface area (Å²) in [6.45, 7) is 6.42. The first-order chi connectivity index (χ1) is 37.0. The van der Waals surface area contributed by atoms with Gasteiger partial charge in [0, 0.05) is 19.3 Å². The Hall–Kier alpha value is -3.15. The molecule has 0 aliphatic carbocycles. The molecule has 0 aromatic carbocycles. The highest BCUT2D eigenvalue weighted by atomic mass is 16.6. The van der Waals surface area contributed by atoms with Crippen LogP contribution >= 0.6 is 0 Å². The van der Waals surface area contributed by atoms with E-state index in [0.29, 0.717) is 19.3 Å². The molecule has 0 saturated heterocycles. The lowest BCUT2D eigenvalue weighted by Gasteiger charge is -2.18. The molecule has 0 amide bonds. The minimum absolute atomic E-state index is 0.0956. The molecule has 0 aromatic heterocycles. The predicted molar refractivity (Wildman–Crippen MR) is 325 cm³/mol. The second-order valence-corrected chi connectivity index (χ2v) is 21.6. The van der Waals surface area contributed by atoms with Gasteiger partial charge in [-0.25, -0.2) is 0 Å². The zero-order valence-electron chi connectivity index (χ0n) is 49.8. The van der Waals surface area contributed by atoms with Gasteiger partial charge in [-0.3, -0.25) is 14.4 Å². The molecular weight excluding hydrogens is 925 g/mol. The Labute approximate surface area is 465 Å². The van der Waals surface area contributed by atoms with Crippen molar-refractivity contribution in [2.45, 2.75) is 335 Å². The molecule has 0 aliphatic heterocycles. The fraction of sp³-hybridized carbons (Fsp3) is 0.783. The number of ether oxygens (including phenoxy) is 3. The van der Waals surface area contributed by atoms with Crippen LogP contribution in [0.25, 0.3) is 0 Å². The molecule has 434 valence electrons. The molecule has 0 fully saturated rings. The molecule has 0 aromatic rings. The van der Waals surface area contributed by atoms with E-state index in [4.69, 9.17) is 14.2 Å². The van der Waals surface area contributed by atoms with Gasteiger partial charge in [0.05, 0.1) is 0 Å². The quantitative estimate of drug-likeness (QED) is 0.0261. The van der Waals surface area contributed by atoms with Crippen LogP contribution in [-0.4, -0.2) is 37.2 Å². The molecule has 0 radical (unpaired) electrons. The van der Waals surface area contributed by atoms with Crippen LogP contribution in [0.2, 0.25) is 0 Å². The van der Waals surface area contributed by atoms with Gasteiger partial charge in [-0.15, -0.1) is 0 Å². The molecule has 0 heterocycles. The van der Waals surface area contributed by atoms with E-state index in [0.717, 1.165) is 83.5 Å². The van der Waals surface area contributed by atoms with Crippen molar-refractivity contribution < 1.29 is 28.6 Å². The number of rotatable bonds is 59. The molecule has 0 rings (SSSR count). The van der Waals surface area contributed by atoms with Crippen LogP contribution in [0.3, 0.4) is 0 Å². The van der Waals surface area contributed by atoms with Gasteiger partial charge in [0.2, 0.25) is 0 Å². The van der Waals surface area contributed by atoms with E-state index >= 15 is 0 Å². The zero-order valence-corrected chi connectivity index (χ0v) is 49.8. The molecule has 0 aliphatic rings. The Balaban J connectivity index is 3.92. The highest BCUT2D eigenvalue weighted by Gasteiger charge is 2.19. The summed E-state index contributed by atoms with van der Waals surface area (Å²) >= 11 is 0. The van der Waals surface area contributed by atoms with Gasteiger partial charge >= 0.3 is 17.9 Å². The van der Waals surface area contributed by atoms with Crippen LogP contribution in [0.5, 0.6) is 0 Å². The van der Waals surface area contributed by atoms with E-state index in [-0.39, 0.29) is 37.5 Å². The van der Waals surface area contributed by atoms with Gasteiger partial charge in [-0.1, -0.05) is 299 Å². The molecule has 75 heavy (non-hydrogen) atoms. The molecule has 6 nitrogen and oxygen atoms in total. The summed E-state index contributed by atoms with van der Waals surface area (Å²) in [6.07, 6.45) is 82.9. The van der Waals surface area contributed by atoms with E-state index in [1.54, 1.807) is 0 Å². The average molecular weight is 1050 g/mol. The van der Waals surface area contributed by atoms with Gasteiger partial charge in [0.15, 0.2) is 6.10 Å². The fourth-order valence-corrected chi connectivity index (χ4v) is 9.36. The lowest BCUT2D eigenvalue weighted by Crippen LogP contribution is -2.30.